The van der Waals surface area contributed by atoms with Crippen LogP contribution in [0.25, 0.3) is 0 Å². The van der Waals surface area contributed by atoms with Crippen molar-refractivity contribution in [2.24, 2.45) is 0 Å². The predicted octanol–water partition coefficient (Wildman–Crippen LogP) is 0.593. The van der Waals surface area contributed by atoms with Crippen molar-refractivity contribution >= 4 is 10.9 Å². The van der Waals surface area contributed by atoms with Gasteiger partial charge in [0.1, 0.15) is 17.3 Å². The van der Waals surface area contributed by atoms with Gasteiger partial charge in [0.05, 0.1) is 0 Å². The molecular weight excluding hydrogens is 264 g/mol. The summed E-state index contributed by atoms with van der Waals surface area (Å²) in [5, 5.41) is 9.30. The Hall–Kier alpha value is -1.12. The molecule has 0 saturated heterocycles. The number of hydrogen-bond acceptors (Lipinski definition) is 1. The van der Waals surface area contributed by atoms with Crippen molar-refractivity contribution in [2.45, 2.75) is 17.6 Å². The van der Waals surface area contributed by atoms with Crippen LogP contribution in [0.5, 0.6) is 5.75 Å². The standard InChI is InChI=1S/C15H16OS.ClH/c1-2-17(12-13-6-4-3-5-7-13)15-10-8-14(16)9-11-15;/h3-11H,2,12H2,1H3;1H. The Balaban J connectivity index is 0.00000162. The lowest BCUT2D eigenvalue weighted by Crippen LogP contribution is -3.00. The van der Waals surface area contributed by atoms with E-state index in [0.717, 1.165) is 11.5 Å². The molecule has 0 aromatic heterocycles. The first-order valence-corrected chi connectivity index (χ1v) is 7.36. The molecule has 96 valence electrons. The number of phenols is 1. The molecule has 18 heavy (non-hydrogen) atoms. The molecule has 0 aliphatic heterocycles. The molecule has 0 aliphatic carbocycles. The first kappa shape index (κ1) is 14.9. The summed E-state index contributed by atoms with van der Waals surface area (Å²) in [5.41, 5.74) is 1.38. The van der Waals surface area contributed by atoms with E-state index in [1.807, 2.05) is 18.2 Å². The average molecular weight is 281 g/mol. The Morgan fingerprint density at radius 1 is 0.944 bits per heavy atom. The molecule has 2 aromatic rings. The van der Waals surface area contributed by atoms with Crippen LogP contribution in [0, 0.1) is 0 Å². The monoisotopic (exact) mass is 280 g/mol. The molecule has 1 atom stereocenters. The first-order valence-electron chi connectivity index (χ1n) is 5.80. The topological polar surface area (TPSA) is 20.2 Å². The summed E-state index contributed by atoms with van der Waals surface area (Å²) in [6.45, 7) is 2.22. The van der Waals surface area contributed by atoms with E-state index in [-0.39, 0.29) is 23.3 Å². The highest BCUT2D eigenvalue weighted by Crippen LogP contribution is 2.21. The summed E-state index contributed by atoms with van der Waals surface area (Å²) in [6.07, 6.45) is 0. The van der Waals surface area contributed by atoms with Crippen LogP contribution in [-0.4, -0.2) is 10.9 Å². The van der Waals surface area contributed by atoms with E-state index in [4.69, 9.17) is 0 Å². The maximum absolute atomic E-state index is 9.30. The van der Waals surface area contributed by atoms with Gasteiger partial charge in [-0.3, -0.25) is 0 Å². The van der Waals surface area contributed by atoms with Crippen molar-refractivity contribution < 1.29 is 17.5 Å². The SMILES string of the molecule is CC[S+](Cc1ccccc1)c1ccc(O)cc1.[Cl-]. The molecule has 0 aliphatic rings. The van der Waals surface area contributed by atoms with Gasteiger partial charge >= 0.3 is 0 Å². The quantitative estimate of drug-likeness (QED) is 0.813. The van der Waals surface area contributed by atoms with Crippen molar-refractivity contribution in [3.05, 3.63) is 60.2 Å². The van der Waals surface area contributed by atoms with Gasteiger partial charge in [0, 0.05) is 16.5 Å². The fourth-order valence-corrected chi connectivity index (χ4v) is 3.59. The molecule has 0 bridgehead atoms. The molecule has 1 N–H and O–H groups in total. The third-order valence-electron chi connectivity index (χ3n) is 2.70. The van der Waals surface area contributed by atoms with Crippen LogP contribution in [0.3, 0.4) is 0 Å². The Morgan fingerprint density at radius 3 is 2.11 bits per heavy atom. The predicted molar refractivity (Wildman–Crippen MR) is 74.4 cm³/mol. The highest BCUT2D eigenvalue weighted by Gasteiger charge is 2.19. The molecule has 0 fully saturated rings. The number of rotatable bonds is 4. The number of halogens is 1. The smallest absolute Gasteiger partial charge is 0.155 e. The van der Waals surface area contributed by atoms with Gasteiger partial charge in [0.25, 0.3) is 0 Å². The Bertz CT molecular complexity index is 456. The molecule has 0 amide bonds. The molecule has 0 heterocycles. The average Bonchev–Trinajstić information content (AvgIpc) is 2.38. The first-order chi connectivity index (χ1) is 8.29. The molecule has 0 spiro atoms. The van der Waals surface area contributed by atoms with Crippen LogP contribution in [0.2, 0.25) is 0 Å². The molecule has 1 unspecified atom stereocenters. The second kappa shape index (κ2) is 7.34. The summed E-state index contributed by atoms with van der Waals surface area (Å²) in [7, 11) is 0.235. The van der Waals surface area contributed by atoms with Gasteiger partial charge in [-0.25, -0.2) is 0 Å². The second-order valence-corrected chi connectivity index (χ2v) is 6.23. The van der Waals surface area contributed by atoms with Gasteiger partial charge in [-0.1, -0.05) is 30.3 Å². The fourth-order valence-electron chi connectivity index (χ4n) is 1.77. The van der Waals surface area contributed by atoms with E-state index in [1.54, 1.807) is 12.1 Å². The summed E-state index contributed by atoms with van der Waals surface area (Å²) in [6, 6.07) is 18.2. The van der Waals surface area contributed by atoms with E-state index in [1.165, 1.54) is 10.5 Å². The van der Waals surface area contributed by atoms with E-state index in [0.29, 0.717) is 5.75 Å². The lowest BCUT2D eigenvalue weighted by atomic mass is 10.2. The van der Waals surface area contributed by atoms with Crippen LogP contribution in [0.4, 0.5) is 0 Å². The Labute approximate surface area is 118 Å². The van der Waals surface area contributed by atoms with Crippen molar-refractivity contribution in [1.29, 1.82) is 0 Å². The van der Waals surface area contributed by atoms with E-state index in [9.17, 15) is 5.11 Å². The second-order valence-electron chi connectivity index (χ2n) is 3.91. The van der Waals surface area contributed by atoms with Crippen LogP contribution < -0.4 is 12.4 Å². The van der Waals surface area contributed by atoms with Crippen molar-refractivity contribution in [3.63, 3.8) is 0 Å². The lowest BCUT2D eigenvalue weighted by molar-refractivity contribution is -0.00000456. The maximum Gasteiger partial charge on any atom is 0.155 e. The largest absolute Gasteiger partial charge is 1.00 e. The van der Waals surface area contributed by atoms with Gasteiger partial charge in [-0.2, -0.15) is 0 Å². The van der Waals surface area contributed by atoms with Gasteiger partial charge in [-0.05, 0) is 31.2 Å². The molecular formula is C15H17ClOS. The Kier molecular flexibility index (Phi) is 6.10. The van der Waals surface area contributed by atoms with E-state index in [2.05, 4.69) is 31.2 Å². The molecule has 1 nitrogen and oxygen atoms in total. The number of phenolic OH excluding ortho intramolecular Hbond substituents is 1. The highest BCUT2D eigenvalue weighted by atomic mass is 35.5. The minimum Gasteiger partial charge on any atom is -1.00 e. The van der Waals surface area contributed by atoms with Crippen LogP contribution in [0.1, 0.15) is 12.5 Å². The highest BCUT2D eigenvalue weighted by molar-refractivity contribution is 7.96. The van der Waals surface area contributed by atoms with Crippen LogP contribution >= 0.6 is 0 Å². The molecule has 2 rings (SSSR count). The van der Waals surface area contributed by atoms with Gasteiger partial charge < -0.3 is 17.5 Å². The number of aromatic hydroxyl groups is 1. The molecule has 2 aromatic carbocycles. The van der Waals surface area contributed by atoms with Gasteiger partial charge in [0.15, 0.2) is 4.90 Å². The third-order valence-corrected chi connectivity index (χ3v) is 5.02. The zero-order valence-electron chi connectivity index (χ0n) is 10.3. The number of hydrogen-bond donors (Lipinski definition) is 1. The Morgan fingerprint density at radius 2 is 1.56 bits per heavy atom. The minimum absolute atomic E-state index is 0. The summed E-state index contributed by atoms with van der Waals surface area (Å²) >= 11 is 0. The van der Waals surface area contributed by atoms with Crippen molar-refractivity contribution in [1.82, 2.24) is 0 Å². The van der Waals surface area contributed by atoms with Crippen LogP contribution in [-0.2, 0) is 16.6 Å². The van der Waals surface area contributed by atoms with Gasteiger partial charge in [0.2, 0.25) is 0 Å². The van der Waals surface area contributed by atoms with Gasteiger partial charge in [-0.15, -0.1) is 0 Å². The summed E-state index contributed by atoms with van der Waals surface area (Å²) in [5.74, 6) is 2.56. The third kappa shape index (κ3) is 3.97. The molecule has 0 saturated carbocycles. The van der Waals surface area contributed by atoms with E-state index < -0.39 is 0 Å². The molecule has 3 heteroatoms. The maximum atomic E-state index is 9.30. The normalized spacial score (nSPS) is 11.6. The van der Waals surface area contributed by atoms with Crippen molar-refractivity contribution in [3.8, 4) is 5.75 Å². The summed E-state index contributed by atoms with van der Waals surface area (Å²) in [4.78, 5) is 1.33. The zero-order chi connectivity index (χ0) is 12.1. The zero-order valence-corrected chi connectivity index (χ0v) is 11.9. The summed E-state index contributed by atoms with van der Waals surface area (Å²) < 4.78 is 0. The molecule has 0 radical (unpaired) electrons. The van der Waals surface area contributed by atoms with Crippen LogP contribution in [0.15, 0.2) is 59.5 Å². The van der Waals surface area contributed by atoms with E-state index >= 15 is 0 Å². The fraction of sp³-hybridized carbons (Fsp3) is 0.200. The number of benzene rings is 2. The van der Waals surface area contributed by atoms with Crippen molar-refractivity contribution in [2.75, 3.05) is 5.75 Å². The minimum atomic E-state index is 0. The lowest BCUT2D eigenvalue weighted by Gasteiger charge is -2.06.